The number of nitro groups is 1. The second-order valence-corrected chi connectivity index (χ2v) is 4.53. The Morgan fingerprint density at radius 1 is 1.24 bits per heavy atom. The maximum atomic E-state index is 11.8. The summed E-state index contributed by atoms with van der Waals surface area (Å²) in [6, 6.07) is 9.53. The van der Waals surface area contributed by atoms with Gasteiger partial charge in [0.05, 0.1) is 4.92 Å². The van der Waals surface area contributed by atoms with E-state index in [1.807, 2.05) is 0 Å². The Hall–Kier alpha value is -2.96. The maximum Gasteiger partial charge on any atom is 0.311 e. The minimum absolute atomic E-state index is 0.106. The molecular weight excluding hydrogens is 272 g/mol. The molecule has 0 spiro atoms. The largest absolute Gasteiger partial charge is 0.345 e. The fourth-order valence-corrected chi connectivity index (χ4v) is 1.73. The highest BCUT2D eigenvalue weighted by Gasteiger charge is 2.14. The van der Waals surface area contributed by atoms with Crippen molar-refractivity contribution in [2.45, 2.75) is 0 Å². The molecule has 0 bridgehead atoms. The molecule has 0 aliphatic heterocycles. The van der Waals surface area contributed by atoms with Gasteiger partial charge in [0.25, 0.3) is 5.91 Å². The first-order valence-corrected chi connectivity index (χ1v) is 6.17. The molecule has 1 aromatic heterocycles. The van der Waals surface area contributed by atoms with Crippen LogP contribution in [-0.2, 0) is 0 Å². The topological polar surface area (TPSA) is 88.4 Å². The van der Waals surface area contributed by atoms with Crippen molar-refractivity contribution in [1.29, 1.82) is 0 Å². The van der Waals surface area contributed by atoms with E-state index in [4.69, 9.17) is 0 Å². The van der Waals surface area contributed by atoms with Crippen molar-refractivity contribution in [3.05, 3.63) is 58.3 Å². The van der Waals surface area contributed by atoms with Gasteiger partial charge in [-0.05, 0) is 30.3 Å². The third-order valence-electron chi connectivity index (χ3n) is 2.78. The highest BCUT2D eigenvalue weighted by Crippen LogP contribution is 2.24. The van der Waals surface area contributed by atoms with Crippen LogP contribution >= 0.6 is 0 Å². The lowest BCUT2D eigenvalue weighted by molar-refractivity contribution is -0.384. The first-order valence-electron chi connectivity index (χ1n) is 6.17. The molecule has 108 valence electrons. The van der Waals surface area contributed by atoms with Gasteiger partial charge in [0.1, 0.15) is 0 Å². The van der Waals surface area contributed by atoms with Crippen LogP contribution in [0.5, 0.6) is 0 Å². The summed E-state index contributed by atoms with van der Waals surface area (Å²) in [4.78, 5) is 27.6. The van der Waals surface area contributed by atoms with E-state index in [0.29, 0.717) is 11.3 Å². The van der Waals surface area contributed by atoms with Gasteiger partial charge in [0, 0.05) is 37.6 Å². The molecule has 2 rings (SSSR count). The molecule has 0 saturated carbocycles. The summed E-state index contributed by atoms with van der Waals surface area (Å²) in [5.41, 5.74) is 1.05. The number of nitrogens with zero attached hydrogens (tertiary/aromatic N) is 3. The summed E-state index contributed by atoms with van der Waals surface area (Å²) >= 11 is 0. The third kappa shape index (κ3) is 3.33. The molecule has 0 unspecified atom stereocenters. The molecule has 1 heterocycles. The van der Waals surface area contributed by atoms with Gasteiger partial charge in [-0.15, -0.1) is 0 Å². The van der Waals surface area contributed by atoms with Crippen LogP contribution in [0.1, 0.15) is 10.4 Å². The van der Waals surface area contributed by atoms with Crippen LogP contribution in [-0.4, -0.2) is 34.8 Å². The number of amides is 1. The molecule has 0 aliphatic rings. The smallest absolute Gasteiger partial charge is 0.311 e. The summed E-state index contributed by atoms with van der Waals surface area (Å²) in [5.74, 6) is 0.0551. The molecule has 1 N–H and O–H groups in total. The van der Waals surface area contributed by atoms with E-state index in [1.165, 1.54) is 23.2 Å². The van der Waals surface area contributed by atoms with E-state index in [2.05, 4.69) is 10.3 Å². The molecule has 0 atom stereocenters. The van der Waals surface area contributed by atoms with Crippen molar-refractivity contribution < 1.29 is 9.72 Å². The van der Waals surface area contributed by atoms with Crippen molar-refractivity contribution in [2.24, 2.45) is 0 Å². The summed E-state index contributed by atoms with van der Waals surface area (Å²) in [5, 5.41) is 13.8. The van der Waals surface area contributed by atoms with Gasteiger partial charge in [-0.25, -0.2) is 4.98 Å². The predicted molar refractivity (Wildman–Crippen MR) is 78.6 cm³/mol. The summed E-state index contributed by atoms with van der Waals surface area (Å²) in [7, 11) is 3.34. The van der Waals surface area contributed by atoms with Crippen LogP contribution in [0, 0.1) is 10.1 Å². The Labute approximate surface area is 121 Å². The fraction of sp³-hybridized carbons (Fsp3) is 0.143. The van der Waals surface area contributed by atoms with Crippen LogP contribution in [0.4, 0.5) is 17.2 Å². The Kier molecular flexibility index (Phi) is 4.13. The maximum absolute atomic E-state index is 11.8. The fourth-order valence-electron chi connectivity index (χ4n) is 1.73. The molecular formula is C14H14N4O3. The molecule has 0 fully saturated rings. The molecule has 1 amide bonds. The average Bonchev–Trinajstić information content (AvgIpc) is 2.47. The normalized spacial score (nSPS) is 10.0. The summed E-state index contributed by atoms with van der Waals surface area (Å²) in [6.07, 6.45) is 1.47. The number of nitrogens with one attached hydrogen (secondary N) is 1. The van der Waals surface area contributed by atoms with Gasteiger partial charge < -0.3 is 10.2 Å². The molecule has 0 saturated heterocycles. The predicted octanol–water partition coefficient (Wildman–Crippen LogP) is 2.44. The molecule has 7 nitrogen and oxygen atoms in total. The van der Waals surface area contributed by atoms with Crippen molar-refractivity contribution in [2.75, 3.05) is 19.4 Å². The van der Waals surface area contributed by atoms with Gasteiger partial charge in [-0.2, -0.15) is 0 Å². The Morgan fingerprint density at radius 2 is 1.90 bits per heavy atom. The van der Waals surface area contributed by atoms with Crippen LogP contribution in [0.15, 0.2) is 42.6 Å². The first-order chi connectivity index (χ1) is 9.99. The van der Waals surface area contributed by atoms with Crippen molar-refractivity contribution in [1.82, 2.24) is 9.88 Å². The van der Waals surface area contributed by atoms with Crippen LogP contribution in [0.3, 0.4) is 0 Å². The highest BCUT2D eigenvalue weighted by atomic mass is 16.6. The second kappa shape index (κ2) is 6.00. The number of rotatable bonds is 4. The van der Waals surface area contributed by atoms with Gasteiger partial charge in [0.15, 0.2) is 0 Å². The van der Waals surface area contributed by atoms with Crippen molar-refractivity contribution in [3.63, 3.8) is 0 Å². The number of pyridine rings is 1. The number of hydrogen-bond acceptors (Lipinski definition) is 5. The molecule has 1 aromatic carbocycles. The number of anilines is 2. The quantitative estimate of drug-likeness (QED) is 0.688. The second-order valence-electron chi connectivity index (χ2n) is 4.53. The minimum Gasteiger partial charge on any atom is -0.345 e. The Morgan fingerprint density at radius 3 is 2.48 bits per heavy atom. The number of carbonyl (C=O) groups excluding carboxylic acids is 1. The lowest BCUT2D eigenvalue weighted by atomic mass is 10.2. The first kappa shape index (κ1) is 14.4. The van der Waals surface area contributed by atoms with E-state index in [1.54, 1.807) is 38.4 Å². The van der Waals surface area contributed by atoms with Gasteiger partial charge >= 0.3 is 5.69 Å². The zero-order valence-electron chi connectivity index (χ0n) is 11.6. The van der Waals surface area contributed by atoms with Gasteiger partial charge in [0.2, 0.25) is 5.82 Å². The van der Waals surface area contributed by atoms with Crippen molar-refractivity contribution >= 4 is 23.1 Å². The summed E-state index contributed by atoms with van der Waals surface area (Å²) < 4.78 is 0. The molecule has 0 aliphatic carbocycles. The monoisotopic (exact) mass is 286 g/mol. The average molecular weight is 286 g/mol. The zero-order valence-corrected chi connectivity index (χ0v) is 11.6. The number of aromatic nitrogens is 1. The molecule has 21 heavy (non-hydrogen) atoms. The third-order valence-corrected chi connectivity index (χ3v) is 2.78. The Balaban J connectivity index is 2.22. The van der Waals surface area contributed by atoms with E-state index in [0.717, 1.165) is 0 Å². The van der Waals surface area contributed by atoms with Crippen LogP contribution in [0.2, 0.25) is 0 Å². The van der Waals surface area contributed by atoms with Crippen LogP contribution < -0.4 is 5.32 Å². The van der Waals surface area contributed by atoms with Crippen molar-refractivity contribution in [3.8, 4) is 0 Å². The SMILES string of the molecule is CN(C)C(=O)c1ccc(Nc2ncccc2[N+](=O)[O-])cc1. The molecule has 0 radical (unpaired) electrons. The number of carbonyl (C=O) groups is 1. The summed E-state index contributed by atoms with van der Waals surface area (Å²) in [6.45, 7) is 0. The van der Waals surface area contributed by atoms with Crippen LogP contribution in [0.25, 0.3) is 0 Å². The minimum atomic E-state index is -0.501. The van der Waals surface area contributed by atoms with E-state index >= 15 is 0 Å². The highest BCUT2D eigenvalue weighted by molar-refractivity contribution is 5.94. The Bertz CT molecular complexity index is 668. The van der Waals surface area contributed by atoms with E-state index in [-0.39, 0.29) is 17.4 Å². The number of hydrogen-bond donors (Lipinski definition) is 1. The lowest BCUT2D eigenvalue weighted by Gasteiger charge is -2.11. The zero-order chi connectivity index (χ0) is 15.4. The van der Waals surface area contributed by atoms with Gasteiger partial charge in [-0.1, -0.05) is 0 Å². The lowest BCUT2D eigenvalue weighted by Crippen LogP contribution is -2.21. The van der Waals surface area contributed by atoms with Gasteiger partial charge in [-0.3, -0.25) is 14.9 Å². The molecule has 2 aromatic rings. The molecule has 7 heteroatoms. The standard InChI is InChI=1S/C14H14N4O3/c1-17(2)14(19)10-5-7-11(8-6-10)16-13-12(18(20)21)4-3-9-15-13/h3-9H,1-2H3,(H,15,16). The van der Waals surface area contributed by atoms with E-state index < -0.39 is 4.92 Å². The number of benzene rings is 1. The van der Waals surface area contributed by atoms with E-state index in [9.17, 15) is 14.9 Å².